The van der Waals surface area contributed by atoms with Gasteiger partial charge < -0.3 is 20.0 Å². The topological polar surface area (TPSA) is 87.2 Å². The summed E-state index contributed by atoms with van der Waals surface area (Å²) in [5, 5.41) is 13.0. The van der Waals surface area contributed by atoms with Crippen molar-refractivity contribution in [2.75, 3.05) is 12.4 Å². The lowest BCUT2D eigenvalue weighted by Gasteiger charge is -2.11. The Kier molecular flexibility index (Phi) is 3.82. The molecular formula is C12H9ClN3O3-. The number of carbonyl (C=O) groups is 1. The minimum atomic E-state index is -1.42. The van der Waals surface area contributed by atoms with Crippen LogP contribution >= 0.6 is 11.6 Å². The summed E-state index contributed by atoms with van der Waals surface area (Å²) in [5.74, 6) is 0.548. The predicted octanol–water partition coefficient (Wildman–Crippen LogP) is 1.56. The maximum absolute atomic E-state index is 10.6. The van der Waals surface area contributed by atoms with E-state index in [0.29, 0.717) is 17.1 Å². The molecule has 0 aliphatic rings. The van der Waals surface area contributed by atoms with E-state index in [-0.39, 0.29) is 11.0 Å². The zero-order valence-corrected chi connectivity index (χ0v) is 10.6. The summed E-state index contributed by atoms with van der Waals surface area (Å²) < 4.78 is 4.99. The van der Waals surface area contributed by atoms with Crippen LogP contribution in [0.2, 0.25) is 5.15 Å². The van der Waals surface area contributed by atoms with Crippen LogP contribution in [0.4, 0.5) is 10.5 Å². The number of rotatable bonds is 3. The summed E-state index contributed by atoms with van der Waals surface area (Å²) >= 11 is 5.86. The van der Waals surface area contributed by atoms with Gasteiger partial charge >= 0.3 is 0 Å². The molecule has 0 saturated heterocycles. The molecule has 1 aromatic heterocycles. The van der Waals surface area contributed by atoms with E-state index in [4.69, 9.17) is 16.3 Å². The Morgan fingerprint density at radius 3 is 2.79 bits per heavy atom. The van der Waals surface area contributed by atoms with Gasteiger partial charge in [-0.05, 0) is 12.1 Å². The normalized spacial score (nSPS) is 10.0. The van der Waals surface area contributed by atoms with Crippen LogP contribution in [0.3, 0.4) is 0 Å². The number of carboxylic acid groups (broad SMARTS) is 1. The average molecular weight is 279 g/mol. The number of benzene rings is 1. The molecule has 0 radical (unpaired) electrons. The van der Waals surface area contributed by atoms with Gasteiger partial charge in [0.25, 0.3) is 0 Å². The second-order valence-corrected chi connectivity index (χ2v) is 3.90. The standard InChI is InChI=1S/C12H10ClN3O3/c1-19-10-6-9(13)15-11(16-10)7-4-2-3-5-8(7)14-12(17)18/h2-6,14H,1H3,(H,17,18)/p-1. The van der Waals surface area contributed by atoms with E-state index < -0.39 is 6.09 Å². The number of para-hydroxylation sites is 1. The molecule has 0 saturated carbocycles. The summed E-state index contributed by atoms with van der Waals surface area (Å²) in [5.41, 5.74) is 0.791. The molecule has 1 amide bonds. The van der Waals surface area contributed by atoms with Crippen molar-refractivity contribution in [1.29, 1.82) is 0 Å². The third-order valence-corrected chi connectivity index (χ3v) is 2.48. The molecule has 0 aliphatic carbocycles. The first-order chi connectivity index (χ1) is 9.10. The van der Waals surface area contributed by atoms with Gasteiger partial charge in [0, 0.05) is 11.6 Å². The maximum atomic E-state index is 10.6. The Labute approximate surface area is 114 Å². The zero-order valence-electron chi connectivity index (χ0n) is 9.88. The first-order valence-electron chi connectivity index (χ1n) is 5.26. The Balaban J connectivity index is 2.52. The summed E-state index contributed by atoms with van der Waals surface area (Å²) in [4.78, 5) is 18.8. The second-order valence-electron chi connectivity index (χ2n) is 3.51. The number of aromatic nitrogens is 2. The van der Waals surface area contributed by atoms with Crippen molar-refractivity contribution >= 4 is 23.4 Å². The van der Waals surface area contributed by atoms with E-state index in [1.807, 2.05) is 0 Å². The van der Waals surface area contributed by atoms with Crippen LogP contribution in [0.1, 0.15) is 0 Å². The van der Waals surface area contributed by atoms with Gasteiger partial charge in [-0.2, -0.15) is 4.98 Å². The van der Waals surface area contributed by atoms with Gasteiger partial charge in [0.05, 0.1) is 12.8 Å². The first kappa shape index (κ1) is 13.1. The van der Waals surface area contributed by atoms with E-state index in [0.717, 1.165) is 0 Å². The van der Waals surface area contributed by atoms with Crippen molar-refractivity contribution in [3.8, 4) is 17.3 Å². The molecule has 2 rings (SSSR count). The van der Waals surface area contributed by atoms with Crippen molar-refractivity contribution in [2.24, 2.45) is 0 Å². The monoisotopic (exact) mass is 278 g/mol. The van der Waals surface area contributed by atoms with Gasteiger partial charge in [-0.3, -0.25) is 0 Å². The van der Waals surface area contributed by atoms with E-state index in [2.05, 4.69) is 15.3 Å². The Bertz CT molecular complexity index is 619. The first-order valence-corrected chi connectivity index (χ1v) is 5.64. The summed E-state index contributed by atoms with van der Waals surface area (Å²) in [7, 11) is 1.45. The van der Waals surface area contributed by atoms with Crippen LogP contribution in [0, 0.1) is 0 Å². The van der Waals surface area contributed by atoms with Crippen LogP contribution in [0.15, 0.2) is 30.3 Å². The molecule has 0 unspecified atom stereocenters. The van der Waals surface area contributed by atoms with Gasteiger partial charge in [-0.25, -0.2) is 4.98 Å². The molecule has 0 bridgehead atoms. The van der Waals surface area contributed by atoms with E-state index in [9.17, 15) is 9.90 Å². The number of amides is 1. The quantitative estimate of drug-likeness (QED) is 0.861. The number of ether oxygens (including phenoxy) is 1. The number of nitrogens with one attached hydrogen (secondary N) is 1. The second kappa shape index (κ2) is 5.53. The highest BCUT2D eigenvalue weighted by molar-refractivity contribution is 6.29. The van der Waals surface area contributed by atoms with Crippen LogP contribution in [-0.4, -0.2) is 23.2 Å². The number of methoxy groups -OCH3 is 1. The lowest BCUT2D eigenvalue weighted by molar-refractivity contribution is -0.242. The SMILES string of the molecule is COc1cc(Cl)nc(-c2ccccc2NC(=O)[O-])n1. The fourth-order valence-electron chi connectivity index (χ4n) is 1.52. The largest absolute Gasteiger partial charge is 0.530 e. The molecular weight excluding hydrogens is 270 g/mol. The van der Waals surface area contributed by atoms with Crippen LogP contribution in [-0.2, 0) is 0 Å². The lowest BCUT2D eigenvalue weighted by Crippen LogP contribution is -2.29. The molecule has 19 heavy (non-hydrogen) atoms. The molecule has 1 heterocycles. The number of nitrogens with zero attached hydrogens (tertiary/aromatic N) is 2. The van der Waals surface area contributed by atoms with E-state index in [1.165, 1.54) is 13.2 Å². The van der Waals surface area contributed by atoms with Crippen molar-refractivity contribution in [1.82, 2.24) is 9.97 Å². The highest BCUT2D eigenvalue weighted by Crippen LogP contribution is 2.27. The van der Waals surface area contributed by atoms with Crippen molar-refractivity contribution in [2.45, 2.75) is 0 Å². The van der Waals surface area contributed by atoms with Gasteiger partial charge in [0.15, 0.2) is 5.82 Å². The van der Waals surface area contributed by atoms with Crippen molar-refractivity contribution in [3.05, 3.63) is 35.5 Å². The predicted molar refractivity (Wildman–Crippen MR) is 68.0 cm³/mol. The Morgan fingerprint density at radius 2 is 2.11 bits per heavy atom. The molecule has 1 N–H and O–H groups in total. The Hall–Kier alpha value is -2.34. The molecule has 6 nitrogen and oxygen atoms in total. The van der Waals surface area contributed by atoms with Crippen molar-refractivity contribution in [3.63, 3.8) is 0 Å². The molecule has 1 aromatic carbocycles. The molecule has 7 heteroatoms. The number of anilines is 1. The van der Waals surface area contributed by atoms with E-state index in [1.54, 1.807) is 24.3 Å². The molecule has 2 aromatic rings. The fourth-order valence-corrected chi connectivity index (χ4v) is 1.69. The smallest absolute Gasteiger partial charge is 0.218 e. The highest BCUT2D eigenvalue weighted by atomic mass is 35.5. The van der Waals surface area contributed by atoms with Gasteiger partial charge in [0.2, 0.25) is 5.88 Å². The van der Waals surface area contributed by atoms with E-state index >= 15 is 0 Å². The highest BCUT2D eigenvalue weighted by Gasteiger charge is 2.10. The molecule has 0 spiro atoms. The van der Waals surface area contributed by atoms with Crippen LogP contribution < -0.4 is 15.2 Å². The summed E-state index contributed by atoms with van der Waals surface area (Å²) in [6, 6.07) is 8.10. The van der Waals surface area contributed by atoms with Crippen LogP contribution in [0.25, 0.3) is 11.4 Å². The maximum Gasteiger partial charge on any atom is 0.218 e. The van der Waals surface area contributed by atoms with Crippen molar-refractivity contribution < 1.29 is 14.6 Å². The Morgan fingerprint density at radius 1 is 1.37 bits per heavy atom. The molecule has 0 aliphatic heterocycles. The number of halogens is 1. The molecule has 0 fully saturated rings. The number of hydrogen-bond acceptors (Lipinski definition) is 5. The van der Waals surface area contributed by atoms with Crippen LogP contribution in [0.5, 0.6) is 5.88 Å². The average Bonchev–Trinajstić information content (AvgIpc) is 2.38. The fraction of sp³-hybridized carbons (Fsp3) is 0.0833. The third kappa shape index (κ3) is 3.11. The minimum Gasteiger partial charge on any atom is -0.530 e. The lowest BCUT2D eigenvalue weighted by atomic mass is 10.1. The minimum absolute atomic E-state index is 0.199. The number of hydrogen-bond donors (Lipinski definition) is 1. The summed E-state index contributed by atoms with van der Waals surface area (Å²) in [6.07, 6.45) is -1.42. The van der Waals surface area contributed by atoms with Gasteiger partial charge in [0.1, 0.15) is 11.2 Å². The van der Waals surface area contributed by atoms with Gasteiger partial charge in [-0.1, -0.05) is 23.7 Å². The molecule has 98 valence electrons. The zero-order chi connectivity index (χ0) is 13.8. The summed E-state index contributed by atoms with van der Waals surface area (Å²) in [6.45, 7) is 0. The third-order valence-electron chi connectivity index (χ3n) is 2.29. The molecule has 0 atom stereocenters. The van der Waals surface area contributed by atoms with Gasteiger partial charge in [-0.15, -0.1) is 0 Å². The number of carbonyl (C=O) groups excluding carboxylic acids is 1.